The number of fused-ring (bicyclic) bond motifs is 1. The Labute approximate surface area is 144 Å². The molecule has 3 rings (SSSR count). The highest BCUT2D eigenvalue weighted by Crippen LogP contribution is 2.34. The SMILES string of the molecule is COC(=O)c1ccccc1NC(=O)CCNc1ccc2c(c1)OCO2. The first-order valence-electron chi connectivity index (χ1n) is 7.78. The third-order valence-electron chi connectivity index (χ3n) is 3.66. The van der Waals surface area contributed by atoms with Gasteiger partial charge >= 0.3 is 5.97 Å². The molecule has 0 aromatic heterocycles. The molecule has 0 bridgehead atoms. The summed E-state index contributed by atoms with van der Waals surface area (Å²) >= 11 is 0. The van der Waals surface area contributed by atoms with Gasteiger partial charge in [-0.1, -0.05) is 12.1 Å². The molecule has 1 aliphatic heterocycles. The lowest BCUT2D eigenvalue weighted by Crippen LogP contribution is -2.18. The van der Waals surface area contributed by atoms with Gasteiger partial charge in [0.25, 0.3) is 0 Å². The Morgan fingerprint density at radius 3 is 2.76 bits per heavy atom. The molecule has 7 nitrogen and oxygen atoms in total. The summed E-state index contributed by atoms with van der Waals surface area (Å²) < 4.78 is 15.3. The number of hydrogen-bond donors (Lipinski definition) is 2. The lowest BCUT2D eigenvalue weighted by Gasteiger charge is -2.10. The molecule has 0 radical (unpaired) electrons. The average Bonchev–Trinajstić information content (AvgIpc) is 3.09. The summed E-state index contributed by atoms with van der Waals surface area (Å²) in [6.45, 7) is 0.659. The maximum absolute atomic E-state index is 12.1. The van der Waals surface area contributed by atoms with Crippen molar-refractivity contribution >= 4 is 23.3 Å². The number of anilines is 2. The number of carbonyl (C=O) groups is 2. The van der Waals surface area contributed by atoms with Crippen molar-refractivity contribution in [2.45, 2.75) is 6.42 Å². The molecule has 2 aromatic rings. The predicted molar refractivity (Wildman–Crippen MR) is 92.1 cm³/mol. The fourth-order valence-electron chi connectivity index (χ4n) is 2.42. The quantitative estimate of drug-likeness (QED) is 0.785. The van der Waals surface area contributed by atoms with Gasteiger partial charge in [0.15, 0.2) is 11.5 Å². The van der Waals surface area contributed by atoms with Crippen LogP contribution in [0.15, 0.2) is 42.5 Å². The van der Waals surface area contributed by atoms with Crippen molar-refractivity contribution < 1.29 is 23.8 Å². The van der Waals surface area contributed by atoms with Crippen LogP contribution in [0.3, 0.4) is 0 Å². The van der Waals surface area contributed by atoms with E-state index in [4.69, 9.17) is 14.2 Å². The van der Waals surface area contributed by atoms with Gasteiger partial charge in [-0.2, -0.15) is 0 Å². The molecular weight excluding hydrogens is 324 g/mol. The molecule has 0 saturated carbocycles. The van der Waals surface area contributed by atoms with Crippen molar-refractivity contribution in [1.29, 1.82) is 0 Å². The van der Waals surface area contributed by atoms with E-state index in [-0.39, 0.29) is 19.1 Å². The third-order valence-corrected chi connectivity index (χ3v) is 3.66. The minimum absolute atomic E-state index is 0.204. The molecular formula is C18H18N2O5. The molecule has 130 valence electrons. The molecule has 0 unspecified atom stereocenters. The van der Waals surface area contributed by atoms with E-state index in [1.165, 1.54) is 7.11 Å². The van der Waals surface area contributed by atoms with Crippen LogP contribution in [0.1, 0.15) is 16.8 Å². The van der Waals surface area contributed by atoms with Crippen LogP contribution >= 0.6 is 0 Å². The molecule has 0 fully saturated rings. The van der Waals surface area contributed by atoms with E-state index in [1.54, 1.807) is 24.3 Å². The summed E-state index contributed by atoms with van der Waals surface area (Å²) in [5.41, 5.74) is 1.59. The topological polar surface area (TPSA) is 85.9 Å². The van der Waals surface area contributed by atoms with Crippen LogP contribution in [-0.4, -0.2) is 32.3 Å². The van der Waals surface area contributed by atoms with Gasteiger partial charge in [-0.15, -0.1) is 0 Å². The molecule has 0 aliphatic carbocycles. The Morgan fingerprint density at radius 1 is 1.12 bits per heavy atom. The fraction of sp³-hybridized carbons (Fsp3) is 0.222. The van der Waals surface area contributed by atoms with Crippen LogP contribution in [0.2, 0.25) is 0 Å². The number of hydrogen-bond acceptors (Lipinski definition) is 6. The van der Waals surface area contributed by atoms with Gasteiger partial charge in [-0.3, -0.25) is 4.79 Å². The van der Waals surface area contributed by atoms with Crippen LogP contribution in [-0.2, 0) is 9.53 Å². The molecule has 2 N–H and O–H groups in total. The van der Waals surface area contributed by atoms with Gasteiger partial charge in [0.2, 0.25) is 12.7 Å². The first-order chi connectivity index (χ1) is 12.2. The number of esters is 1. The third kappa shape index (κ3) is 4.00. The second kappa shape index (κ2) is 7.57. The maximum atomic E-state index is 12.1. The highest BCUT2D eigenvalue weighted by Gasteiger charge is 2.14. The number of nitrogens with one attached hydrogen (secondary N) is 2. The van der Waals surface area contributed by atoms with E-state index in [9.17, 15) is 9.59 Å². The van der Waals surface area contributed by atoms with E-state index in [1.807, 2.05) is 18.2 Å². The monoisotopic (exact) mass is 342 g/mol. The van der Waals surface area contributed by atoms with Crippen LogP contribution < -0.4 is 20.1 Å². The van der Waals surface area contributed by atoms with Crippen molar-refractivity contribution in [2.75, 3.05) is 31.1 Å². The lowest BCUT2D eigenvalue weighted by atomic mass is 10.1. The van der Waals surface area contributed by atoms with E-state index in [2.05, 4.69) is 10.6 Å². The fourth-order valence-corrected chi connectivity index (χ4v) is 2.42. The van der Waals surface area contributed by atoms with Crippen molar-refractivity contribution in [1.82, 2.24) is 0 Å². The number of rotatable bonds is 6. The molecule has 2 aromatic carbocycles. The maximum Gasteiger partial charge on any atom is 0.339 e. The molecule has 0 atom stereocenters. The first kappa shape index (κ1) is 16.6. The Hall–Kier alpha value is -3.22. The Morgan fingerprint density at radius 2 is 1.92 bits per heavy atom. The van der Waals surface area contributed by atoms with Crippen molar-refractivity contribution in [3.8, 4) is 11.5 Å². The second-order valence-electron chi connectivity index (χ2n) is 5.33. The molecule has 25 heavy (non-hydrogen) atoms. The molecule has 0 saturated heterocycles. The number of benzene rings is 2. The van der Waals surface area contributed by atoms with Crippen LogP contribution in [0.5, 0.6) is 11.5 Å². The van der Waals surface area contributed by atoms with Gasteiger partial charge in [0.05, 0.1) is 18.4 Å². The van der Waals surface area contributed by atoms with E-state index in [0.29, 0.717) is 29.3 Å². The van der Waals surface area contributed by atoms with Gasteiger partial charge in [0, 0.05) is 24.7 Å². The minimum Gasteiger partial charge on any atom is -0.465 e. The molecule has 1 aliphatic rings. The van der Waals surface area contributed by atoms with Gasteiger partial charge in [-0.25, -0.2) is 4.79 Å². The van der Waals surface area contributed by atoms with Crippen LogP contribution in [0.4, 0.5) is 11.4 Å². The number of ether oxygens (including phenoxy) is 3. The van der Waals surface area contributed by atoms with E-state index >= 15 is 0 Å². The zero-order chi connectivity index (χ0) is 17.6. The van der Waals surface area contributed by atoms with E-state index in [0.717, 1.165) is 5.69 Å². The number of carbonyl (C=O) groups excluding carboxylic acids is 2. The van der Waals surface area contributed by atoms with Crippen LogP contribution in [0, 0.1) is 0 Å². The normalized spacial score (nSPS) is 11.7. The summed E-state index contributed by atoms with van der Waals surface area (Å²) in [6.07, 6.45) is 0.240. The number of amides is 1. The second-order valence-corrected chi connectivity index (χ2v) is 5.33. The average molecular weight is 342 g/mol. The van der Waals surface area contributed by atoms with Crippen molar-refractivity contribution in [2.24, 2.45) is 0 Å². The predicted octanol–water partition coefficient (Wildman–Crippen LogP) is 2.64. The number of methoxy groups -OCH3 is 1. The molecule has 7 heteroatoms. The van der Waals surface area contributed by atoms with Crippen molar-refractivity contribution in [3.05, 3.63) is 48.0 Å². The van der Waals surface area contributed by atoms with Crippen molar-refractivity contribution in [3.63, 3.8) is 0 Å². The molecule has 1 amide bonds. The molecule has 0 spiro atoms. The summed E-state index contributed by atoms with van der Waals surface area (Å²) in [7, 11) is 1.30. The highest BCUT2D eigenvalue weighted by molar-refractivity contribution is 6.01. The zero-order valence-electron chi connectivity index (χ0n) is 13.7. The summed E-state index contributed by atoms with van der Waals surface area (Å²) in [6, 6.07) is 12.2. The zero-order valence-corrected chi connectivity index (χ0v) is 13.7. The Bertz CT molecular complexity index is 791. The smallest absolute Gasteiger partial charge is 0.339 e. The van der Waals surface area contributed by atoms with Gasteiger partial charge < -0.3 is 24.8 Å². The standard InChI is InChI=1S/C18H18N2O5/c1-23-18(22)13-4-2-3-5-14(13)20-17(21)8-9-19-12-6-7-15-16(10-12)25-11-24-15/h2-7,10,19H,8-9,11H2,1H3,(H,20,21). The Balaban J connectivity index is 1.53. The lowest BCUT2D eigenvalue weighted by molar-refractivity contribution is -0.115. The Kier molecular flexibility index (Phi) is 5.03. The van der Waals surface area contributed by atoms with Gasteiger partial charge in [0.1, 0.15) is 0 Å². The van der Waals surface area contributed by atoms with E-state index < -0.39 is 5.97 Å². The summed E-state index contributed by atoms with van der Waals surface area (Å²) in [5.74, 6) is 0.697. The molecule has 1 heterocycles. The minimum atomic E-state index is -0.491. The summed E-state index contributed by atoms with van der Waals surface area (Å²) in [5, 5.41) is 5.88. The summed E-state index contributed by atoms with van der Waals surface area (Å²) in [4.78, 5) is 23.8. The number of para-hydroxylation sites is 1. The van der Waals surface area contributed by atoms with Crippen LogP contribution in [0.25, 0.3) is 0 Å². The van der Waals surface area contributed by atoms with Gasteiger partial charge in [-0.05, 0) is 24.3 Å². The largest absolute Gasteiger partial charge is 0.465 e. The first-order valence-corrected chi connectivity index (χ1v) is 7.78. The highest BCUT2D eigenvalue weighted by atomic mass is 16.7.